The molecule has 0 amide bonds. The summed E-state index contributed by atoms with van der Waals surface area (Å²) in [5.74, 6) is -1.26. The van der Waals surface area contributed by atoms with Crippen LogP contribution in [0.15, 0.2) is 0 Å². The van der Waals surface area contributed by atoms with Crippen molar-refractivity contribution in [1.82, 2.24) is 0 Å². The van der Waals surface area contributed by atoms with E-state index in [1.807, 2.05) is 0 Å². The molecule has 0 aliphatic carbocycles. The molecule has 0 saturated carbocycles. The highest BCUT2D eigenvalue weighted by molar-refractivity contribution is 7.75. The van der Waals surface area contributed by atoms with Crippen LogP contribution in [0.2, 0.25) is 0 Å². The Hall–Kier alpha value is 0.110. The van der Waals surface area contributed by atoms with E-state index in [9.17, 15) is 0 Å². The molecule has 0 spiro atoms. The zero-order valence-electron chi connectivity index (χ0n) is 8.72. The van der Waals surface area contributed by atoms with Gasteiger partial charge in [0.05, 0.1) is 25.9 Å². The number of ether oxygens (including phenoxy) is 3. The topological polar surface area (TPSA) is 89.0 Å². The van der Waals surface area contributed by atoms with Gasteiger partial charge in [-0.3, -0.25) is 11.5 Å². The van der Waals surface area contributed by atoms with E-state index in [0.717, 1.165) is 0 Å². The van der Waals surface area contributed by atoms with Crippen molar-refractivity contribution in [3.05, 3.63) is 0 Å². The van der Waals surface area contributed by atoms with E-state index in [2.05, 4.69) is 17.1 Å². The highest BCUT2D eigenvalue weighted by Gasteiger charge is 2.44. The van der Waals surface area contributed by atoms with E-state index >= 15 is 0 Å². The van der Waals surface area contributed by atoms with E-state index in [-0.39, 0.29) is 12.2 Å². The van der Waals surface area contributed by atoms with E-state index in [1.165, 1.54) is 0 Å². The molecule has 1 heterocycles. The van der Waals surface area contributed by atoms with E-state index in [4.69, 9.17) is 25.7 Å². The maximum atomic E-state index is 5.73. The minimum Gasteiger partial charge on any atom is -0.382 e. The average Bonchev–Trinajstić information content (AvgIpc) is 2.42. The van der Waals surface area contributed by atoms with Gasteiger partial charge >= 0.3 is 0 Å². The molecule has 1 saturated heterocycles. The smallest absolute Gasteiger partial charge is 0.197 e. The maximum absolute atomic E-state index is 5.73. The molecule has 0 aromatic heterocycles. The second-order valence-electron chi connectivity index (χ2n) is 3.48. The molecule has 90 valence electrons. The average molecular weight is 238 g/mol. The molecule has 0 bridgehead atoms. The molecule has 1 rings (SSSR count). The van der Waals surface area contributed by atoms with Gasteiger partial charge in [-0.15, -0.1) is 0 Å². The number of hydrogen-bond donors (Lipinski definition) is 3. The Morgan fingerprint density at radius 3 is 2.80 bits per heavy atom. The molecule has 0 aromatic carbocycles. The fourth-order valence-electron chi connectivity index (χ4n) is 1.49. The second-order valence-corrected chi connectivity index (χ2v) is 3.74. The third-order valence-electron chi connectivity index (χ3n) is 2.22. The van der Waals surface area contributed by atoms with Crippen LogP contribution < -0.4 is 11.5 Å². The number of thiol groups is 1. The first-order chi connectivity index (χ1) is 7.10. The summed E-state index contributed by atoms with van der Waals surface area (Å²) in [6, 6.07) is 0. The third-order valence-corrected chi connectivity index (χ3v) is 2.37. The van der Waals surface area contributed by atoms with Crippen LogP contribution in [-0.4, -0.2) is 45.0 Å². The predicted molar refractivity (Wildman–Crippen MR) is 57.1 cm³/mol. The van der Waals surface area contributed by atoms with Crippen LogP contribution in [-0.2, 0) is 18.4 Å². The predicted octanol–water partition coefficient (Wildman–Crippen LogP) is -0.760. The molecular weight excluding hydrogens is 220 g/mol. The van der Waals surface area contributed by atoms with E-state index in [0.29, 0.717) is 26.2 Å². The lowest BCUT2D eigenvalue weighted by molar-refractivity contribution is -0.105. The van der Waals surface area contributed by atoms with Crippen molar-refractivity contribution in [1.29, 1.82) is 0 Å². The third kappa shape index (κ3) is 3.87. The van der Waals surface area contributed by atoms with Crippen LogP contribution in [0.4, 0.5) is 0 Å². The number of nitrogens with two attached hydrogens (primary N) is 2. The molecule has 15 heavy (non-hydrogen) atoms. The van der Waals surface area contributed by atoms with Gasteiger partial charge < -0.3 is 18.4 Å². The molecule has 0 aromatic rings. The van der Waals surface area contributed by atoms with Crippen LogP contribution in [0, 0.1) is 0 Å². The van der Waals surface area contributed by atoms with Crippen molar-refractivity contribution in [2.24, 2.45) is 11.5 Å². The molecule has 1 aliphatic rings. The van der Waals surface area contributed by atoms with Gasteiger partial charge in [-0.1, -0.05) is 0 Å². The van der Waals surface area contributed by atoms with Gasteiger partial charge in [0.25, 0.3) is 0 Å². The molecule has 1 fully saturated rings. The molecule has 2 atom stereocenters. The van der Waals surface area contributed by atoms with Gasteiger partial charge in [-0.2, -0.15) is 0 Å². The van der Waals surface area contributed by atoms with Crippen LogP contribution >= 0.6 is 12.9 Å². The fraction of sp³-hybridized carbons (Fsp3) is 1.00. The van der Waals surface area contributed by atoms with E-state index in [1.54, 1.807) is 7.11 Å². The number of hydrogen-bond acceptors (Lipinski definition) is 7. The van der Waals surface area contributed by atoms with Crippen molar-refractivity contribution in [3.63, 3.8) is 0 Å². The minimum absolute atomic E-state index is 0.176. The largest absolute Gasteiger partial charge is 0.382 e. The Bertz CT molecular complexity index is 193. The van der Waals surface area contributed by atoms with Crippen LogP contribution in [0.5, 0.6) is 0 Å². The fourth-order valence-corrected chi connectivity index (χ4v) is 1.66. The van der Waals surface area contributed by atoms with Gasteiger partial charge in [0.1, 0.15) is 6.10 Å². The Balaban J connectivity index is 2.36. The lowest BCUT2D eigenvalue weighted by atomic mass is 10.1. The summed E-state index contributed by atoms with van der Waals surface area (Å²) in [6.07, 6.45) is 0.0725. The lowest BCUT2D eigenvalue weighted by Crippen LogP contribution is -2.58. The van der Waals surface area contributed by atoms with Crippen molar-refractivity contribution in [3.8, 4) is 0 Å². The van der Waals surface area contributed by atoms with Crippen molar-refractivity contribution in [2.45, 2.75) is 24.5 Å². The molecule has 1 aliphatic heterocycles. The zero-order valence-corrected chi connectivity index (χ0v) is 9.61. The number of rotatable bonds is 6. The van der Waals surface area contributed by atoms with Crippen LogP contribution in [0.25, 0.3) is 0 Å². The summed E-state index contributed by atoms with van der Waals surface area (Å²) in [5, 5.41) is 0. The molecule has 4 N–H and O–H groups in total. The normalized spacial score (nSPS) is 29.6. The van der Waals surface area contributed by atoms with Crippen molar-refractivity contribution >= 4 is 12.9 Å². The number of methoxy groups -OCH3 is 1. The lowest BCUT2D eigenvalue weighted by Gasteiger charge is -2.25. The second kappa shape index (κ2) is 6.00. The maximum Gasteiger partial charge on any atom is 0.197 e. The Kier molecular flexibility index (Phi) is 5.27. The Morgan fingerprint density at radius 2 is 2.20 bits per heavy atom. The minimum atomic E-state index is -1.26. The molecule has 6 nitrogen and oxygen atoms in total. The van der Waals surface area contributed by atoms with Crippen LogP contribution in [0.3, 0.4) is 0 Å². The molecule has 7 heteroatoms. The summed E-state index contributed by atoms with van der Waals surface area (Å²) in [7, 11) is 1.60. The highest BCUT2D eigenvalue weighted by Crippen LogP contribution is 2.25. The summed E-state index contributed by atoms with van der Waals surface area (Å²) < 4.78 is 20.3. The van der Waals surface area contributed by atoms with Gasteiger partial charge in [0.15, 0.2) is 5.85 Å². The summed E-state index contributed by atoms with van der Waals surface area (Å²) in [4.78, 5) is 0. The quantitative estimate of drug-likeness (QED) is 0.244. The Labute approximate surface area is 94.8 Å². The summed E-state index contributed by atoms with van der Waals surface area (Å²) in [5.41, 5.74) is 11.5. The SMILES string of the molecule is COCCOC1CC(COS)OC1(N)N. The van der Waals surface area contributed by atoms with Crippen molar-refractivity contribution < 1.29 is 18.4 Å². The first-order valence-corrected chi connectivity index (χ1v) is 5.09. The highest BCUT2D eigenvalue weighted by atomic mass is 32.1. The monoisotopic (exact) mass is 238 g/mol. The van der Waals surface area contributed by atoms with E-state index < -0.39 is 5.85 Å². The zero-order chi connectivity index (χ0) is 11.3. The first kappa shape index (κ1) is 13.2. The summed E-state index contributed by atoms with van der Waals surface area (Å²) in [6.45, 7) is 1.28. The first-order valence-electron chi connectivity index (χ1n) is 4.72. The standard InChI is InChI=1S/C8H18N2O4S/c1-11-2-3-12-7-4-6(5-13-15)14-8(7,9)10/h6-7,15H,2-5,9-10H2,1H3. The van der Waals surface area contributed by atoms with Crippen LogP contribution in [0.1, 0.15) is 6.42 Å². The molecular formula is C8H18N2O4S. The molecule has 2 unspecified atom stereocenters. The van der Waals surface area contributed by atoms with Gasteiger partial charge in [-0.25, -0.2) is 0 Å². The van der Waals surface area contributed by atoms with Gasteiger partial charge in [0, 0.05) is 13.5 Å². The van der Waals surface area contributed by atoms with Gasteiger partial charge in [-0.05, 0) is 12.9 Å². The molecule has 0 radical (unpaired) electrons. The summed E-state index contributed by atoms with van der Waals surface area (Å²) >= 11 is 3.65. The van der Waals surface area contributed by atoms with Gasteiger partial charge in [0.2, 0.25) is 0 Å². The van der Waals surface area contributed by atoms with Crippen molar-refractivity contribution in [2.75, 3.05) is 26.9 Å². The Morgan fingerprint density at radius 1 is 1.47 bits per heavy atom.